The van der Waals surface area contributed by atoms with Crippen molar-refractivity contribution in [3.8, 4) is 5.75 Å². The molecule has 1 aliphatic heterocycles. The Balaban J connectivity index is 1.21. The third-order valence-electron chi connectivity index (χ3n) is 9.57. The number of carbonyl (C=O) groups excluding carboxylic acids is 4. The summed E-state index contributed by atoms with van der Waals surface area (Å²) in [5.41, 5.74) is 8.82. The van der Waals surface area contributed by atoms with E-state index < -0.39 is 12.1 Å². The monoisotopic (exact) mass is 722 g/mol. The zero-order valence-corrected chi connectivity index (χ0v) is 30.6. The molecule has 0 saturated heterocycles. The molecule has 0 spiro atoms. The number of hydrogen-bond acceptors (Lipinski definition) is 7. The summed E-state index contributed by atoms with van der Waals surface area (Å²) in [6.45, 7) is 4.12. The Morgan fingerprint density at radius 1 is 0.906 bits per heavy atom. The number of ether oxygens (including phenoxy) is 1. The molecule has 0 fully saturated rings. The number of nitrogens with two attached hydrogens (primary N) is 1. The zero-order valence-electron chi connectivity index (χ0n) is 30.6. The van der Waals surface area contributed by atoms with Gasteiger partial charge in [-0.25, -0.2) is 4.79 Å². The molecule has 0 bridgehead atoms. The number of aliphatic hydroxyl groups is 1. The van der Waals surface area contributed by atoms with Crippen LogP contribution in [0.2, 0.25) is 0 Å². The Bertz CT molecular complexity index is 1910. The first-order chi connectivity index (χ1) is 25.5. The molecule has 0 aromatic heterocycles. The highest BCUT2D eigenvalue weighted by molar-refractivity contribution is 6.01. The van der Waals surface area contributed by atoms with E-state index in [0.29, 0.717) is 66.3 Å². The van der Waals surface area contributed by atoms with Gasteiger partial charge in [0.2, 0.25) is 17.7 Å². The topological polar surface area (TPSA) is 166 Å². The van der Waals surface area contributed by atoms with Crippen LogP contribution >= 0.6 is 0 Å². The first-order valence-electron chi connectivity index (χ1n) is 18.2. The van der Waals surface area contributed by atoms with Gasteiger partial charge in [-0.15, -0.1) is 0 Å². The SMILES string of the molecule is C[C@@H]1CN([C@H](C)CO)C(=O)Cc2cc(NC(=O)CCCCCC(=O)Nc3ccccc3N)ccc2O[C@@H]1CN(C)C(=O)Nc1cccc2ccccc12. The number of anilines is 4. The molecule has 3 atom stereocenters. The Kier molecular flexibility index (Phi) is 13.3. The van der Waals surface area contributed by atoms with Gasteiger partial charge in [0, 0.05) is 49.0 Å². The smallest absolute Gasteiger partial charge is 0.321 e. The van der Waals surface area contributed by atoms with Crippen molar-refractivity contribution in [2.75, 3.05) is 48.4 Å². The second-order valence-corrected chi connectivity index (χ2v) is 13.8. The number of rotatable bonds is 13. The summed E-state index contributed by atoms with van der Waals surface area (Å²) >= 11 is 0. The molecule has 0 unspecified atom stereocenters. The quantitative estimate of drug-likeness (QED) is 0.0802. The van der Waals surface area contributed by atoms with Crippen molar-refractivity contribution in [1.82, 2.24) is 9.80 Å². The van der Waals surface area contributed by atoms with Crippen LogP contribution in [0.25, 0.3) is 10.8 Å². The molecular weight excluding hydrogens is 672 g/mol. The number of benzene rings is 4. The van der Waals surface area contributed by atoms with Gasteiger partial charge in [-0.1, -0.05) is 61.9 Å². The highest BCUT2D eigenvalue weighted by Gasteiger charge is 2.32. The van der Waals surface area contributed by atoms with Crippen LogP contribution in [0.15, 0.2) is 84.9 Å². The van der Waals surface area contributed by atoms with Crippen molar-refractivity contribution in [3.05, 3.63) is 90.5 Å². The van der Waals surface area contributed by atoms with Crippen molar-refractivity contribution in [1.29, 1.82) is 0 Å². The molecule has 1 aliphatic rings. The summed E-state index contributed by atoms with van der Waals surface area (Å²) in [5.74, 6) is -0.185. The fraction of sp³-hybridized carbons (Fsp3) is 0.366. The molecule has 12 heteroatoms. The van der Waals surface area contributed by atoms with Crippen molar-refractivity contribution in [2.45, 2.75) is 64.5 Å². The summed E-state index contributed by atoms with van der Waals surface area (Å²) in [4.78, 5) is 55.5. The molecule has 0 aliphatic carbocycles. The zero-order chi connectivity index (χ0) is 37.9. The van der Waals surface area contributed by atoms with E-state index in [1.165, 1.54) is 0 Å². The number of unbranched alkanes of at least 4 members (excludes halogenated alkanes) is 2. The summed E-state index contributed by atoms with van der Waals surface area (Å²) in [5, 5.41) is 20.7. The second kappa shape index (κ2) is 18.2. The lowest BCUT2D eigenvalue weighted by atomic mass is 10.0. The van der Waals surface area contributed by atoms with Crippen molar-refractivity contribution in [2.24, 2.45) is 5.92 Å². The summed E-state index contributed by atoms with van der Waals surface area (Å²) < 4.78 is 6.58. The third kappa shape index (κ3) is 10.5. The van der Waals surface area contributed by atoms with Gasteiger partial charge in [0.1, 0.15) is 11.9 Å². The minimum Gasteiger partial charge on any atom is -0.488 e. The van der Waals surface area contributed by atoms with Gasteiger partial charge in [0.25, 0.3) is 0 Å². The van der Waals surface area contributed by atoms with E-state index in [1.54, 1.807) is 60.2 Å². The van der Waals surface area contributed by atoms with E-state index in [0.717, 1.165) is 10.8 Å². The Hall–Kier alpha value is -5.62. The number of likely N-dealkylation sites (N-methyl/N-ethyl adjacent to an activating group) is 1. The molecule has 280 valence electrons. The van der Waals surface area contributed by atoms with Crippen LogP contribution in [0.5, 0.6) is 5.75 Å². The third-order valence-corrected chi connectivity index (χ3v) is 9.57. The van der Waals surface area contributed by atoms with E-state index in [-0.39, 0.29) is 55.7 Å². The van der Waals surface area contributed by atoms with Gasteiger partial charge < -0.3 is 41.3 Å². The van der Waals surface area contributed by atoms with Crippen molar-refractivity contribution >= 4 is 57.3 Å². The molecule has 0 saturated carbocycles. The maximum Gasteiger partial charge on any atom is 0.321 e. The Morgan fingerprint density at radius 2 is 1.58 bits per heavy atom. The molecular formula is C41H50N6O6. The van der Waals surface area contributed by atoms with Gasteiger partial charge in [-0.2, -0.15) is 0 Å². The van der Waals surface area contributed by atoms with E-state index in [9.17, 15) is 24.3 Å². The average molecular weight is 723 g/mol. The first kappa shape index (κ1) is 38.6. The maximum atomic E-state index is 13.6. The molecule has 4 aromatic carbocycles. The lowest BCUT2D eigenvalue weighted by molar-refractivity contribution is -0.134. The highest BCUT2D eigenvalue weighted by atomic mass is 16.5. The van der Waals surface area contributed by atoms with Gasteiger partial charge in [-0.05, 0) is 61.5 Å². The van der Waals surface area contributed by atoms with E-state index in [2.05, 4.69) is 16.0 Å². The lowest BCUT2D eigenvalue weighted by Gasteiger charge is -2.34. The van der Waals surface area contributed by atoms with Gasteiger partial charge in [0.05, 0.1) is 42.7 Å². The minimum absolute atomic E-state index is 0.0108. The summed E-state index contributed by atoms with van der Waals surface area (Å²) in [7, 11) is 1.71. The second-order valence-electron chi connectivity index (χ2n) is 13.8. The number of carbonyl (C=O) groups is 4. The van der Waals surface area contributed by atoms with Crippen LogP contribution in [0, 0.1) is 5.92 Å². The molecule has 5 amide bonds. The average Bonchev–Trinajstić information content (AvgIpc) is 3.19. The molecule has 6 N–H and O–H groups in total. The predicted molar refractivity (Wildman–Crippen MR) is 209 cm³/mol. The number of nitrogen functional groups attached to an aromatic ring is 1. The summed E-state index contributed by atoms with van der Waals surface area (Å²) in [6, 6.07) is 25.2. The first-order valence-corrected chi connectivity index (χ1v) is 18.2. The number of amides is 5. The van der Waals surface area contributed by atoms with Crippen LogP contribution in [-0.2, 0) is 20.8 Å². The summed E-state index contributed by atoms with van der Waals surface area (Å²) in [6.07, 6.45) is 2.05. The van der Waals surface area contributed by atoms with E-state index in [4.69, 9.17) is 10.5 Å². The van der Waals surface area contributed by atoms with Gasteiger partial charge in [-0.3, -0.25) is 14.4 Å². The minimum atomic E-state index is -0.496. The fourth-order valence-corrected chi connectivity index (χ4v) is 6.42. The normalized spacial score (nSPS) is 16.3. The molecule has 5 rings (SSSR count). The number of aliphatic hydroxyl groups excluding tert-OH is 1. The maximum absolute atomic E-state index is 13.6. The molecule has 12 nitrogen and oxygen atoms in total. The number of hydrogen-bond donors (Lipinski definition) is 5. The van der Waals surface area contributed by atoms with Crippen molar-refractivity contribution in [3.63, 3.8) is 0 Å². The van der Waals surface area contributed by atoms with Crippen LogP contribution in [0.3, 0.4) is 0 Å². The van der Waals surface area contributed by atoms with Crippen LogP contribution in [0.4, 0.5) is 27.5 Å². The lowest BCUT2D eigenvalue weighted by Crippen LogP contribution is -2.48. The molecule has 4 aromatic rings. The number of fused-ring (bicyclic) bond motifs is 2. The number of para-hydroxylation sites is 2. The van der Waals surface area contributed by atoms with Crippen LogP contribution in [0.1, 0.15) is 51.5 Å². The number of nitrogens with zero attached hydrogens (tertiary/aromatic N) is 2. The van der Waals surface area contributed by atoms with E-state index >= 15 is 0 Å². The molecule has 0 radical (unpaired) electrons. The predicted octanol–water partition coefficient (Wildman–Crippen LogP) is 6.26. The van der Waals surface area contributed by atoms with E-state index in [1.807, 2.05) is 55.5 Å². The van der Waals surface area contributed by atoms with Crippen LogP contribution in [-0.4, -0.2) is 77.5 Å². The molecule has 53 heavy (non-hydrogen) atoms. The Morgan fingerprint density at radius 3 is 2.34 bits per heavy atom. The number of nitrogens with one attached hydrogen (secondary N) is 3. The van der Waals surface area contributed by atoms with Crippen LogP contribution < -0.4 is 26.4 Å². The Labute approximate surface area is 310 Å². The standard InChI is InChI=1S/C41H50N6O6/c1-27-24-47(28(2)26-48)40(51)23-30-22-31(43-38(49)18-5-4-6-19-39(50)44-35-16-10-9-15-33(35)42)20-21-36(30)53-37(27)25-46(3)41(52)45-34-17-11-13-29-12-7-8-14-32(29)34/h7-17,20-22,27-28,37,48H,4-6,18-19,23-26,42H2,1-3H3,(H,43,49)(H,44,50)(H,45,52)/t27-,28-,37-/m1/s1. The van der Waals surface area contributed by atoms with Crippen molar-refractivity contribution < 1.29 is 29.0 Å². The van der Waals surface area contributed by atoms with Gasteiger partial charge >= 0.3 is 6.03 Å². The fourth-order valence-electron chi connectivity index (χ4n) is 6.42. The molecule has 1 heterocycles. The highest BCUT2D eigenvalue weighted by Crippen LogP contribution is 2.30. The largest absolute Gasteiger partial charge is 0.488 e. The van der Waals surface area contributed by atoms with Gasteiger partial charge in [0.15, 0.2) is 0 Å². The number of urea groups is 1.